The molecule has 2 rings (SSSR count). The first-order valence-corrected chi connectivity index (χ1v) is 5.11. The van der Waals surface area contributed by atoms with E-state index in [0.29, 0.717) is 0 Å². The standard InChI is InChI=1S/C6H5F2N.C5H11N/c7-4-1-5(8)3-6(9)2-4;1-2-4-6-5-3-1/h1-3H,9H2;6H,1-5H2. The SMILES string of the molecule is C1CCNCC1.Nc1cc(F)cc(F)c1. The summed E-state index contributed by atoms with van der Waals surface area (Å²) in [6.07, 6.45) is 4.22. The van der Waals surface area contributed by atoms with Crippen LogP contribution in [-0.4, -0.2) is 13.1 Å². The Balaban J connectivity index is 0.000000162. The normalized spacial score (nSPS) is 15.3. The fourth-order valence-electron chi connectivity index (χ4n) is 1.38. The van der Waals surface area contributed by atoms with Crippen molar-refractivity contribution in [3.8, 4) is 0 Å². The molecule has 0 saturated carbocycles. The predicted molar refractivity (Wildman–Crippen MR) is 57.5 cm³/mol. The molecule has 0 aliphatic carbocycles. The van der Waals surface area contributed by atoms with Gasteiger partial charge in [-0.1, -0.05) is 6.42 Å². The van der Waals surface area contributed by atoms with Crippen LogP contribution in [0.3, 0.4) is 0 Å². The zero-order valence-corrected chi connectivity index (χ0v) is 8.60. The highest BCUT2D eigenvalue weighted by molar-refractivity contribution is 5.37. The summed E-state index contributed by atoms with van der Waals surface area (Å²) in [5.41, 5.74) is 5.18. The Morgan fingerprint density at radius 3 is 1.73 bits per heavy atom. The van der Waals surface area contributed by atoms with Crippen molar-refractivity contribution in [2.45, 2.75) is 19.3 Å². The van der Waals surface area contributed by atoms with Crippen LogP contribution < -0.4 is 11.1 Å². The average molecular weight is 214 g/mol. The molecule has 1 aliphatic heterocycles. The summed E-state index contributed by atoms with van der Waals surface area (Å²) in [5, 5.41) is 3.28. The molecule has 0 aromatic heterocycles. The van der Waals surface area contributed by atoms with E-state index in [9.17, 15) is 8.78 Å². The Bertz CT molecular complexity index is 237. The van der Waals surface area contributed by atoms with Gasteiger partial charge in [0.15, 0.2) is 0 Å². The van der Waals surface area contributed by atoms with Gasteiger partial charge in [0.1, 0.15) is 11.6 Å². The van der Waals surface area contributed by atoms with Crippen molar-refractivity contribution in [1.82, 2.24) is 5.32 Å². The lowest BCUT2D eigenvalue weighted by Gasteiger charge is -2.08. The van der Waals surface area contributed by atoms with Crippen LogP contribution in [0.5, 0.6) is 0 Å². The molecule has 4 heteroatoms. The lowest BCUT2D eigenvalue weighted by molar-refractivity contribution is 0.520. The van der Waals surface area contributed by atoms with E-state index in [-0.39, 0.29) is 5.69 Å². The van der Waals surface area contributed by atoms with E-state index in [1.165, 1.54) is 32.4 Å². The number of hydrogen-bond acceptors (Lipinski definition) is 2. The molecule has 0 spiro atoms. The van der Waals surface area contributed by atoms with Crippen molar-refractivity contribution in [1.29, 1.82) is 0 Å². The van der Waals surface area contributed by atoms with E-state index in [0.717, 1.165) is 18.2 Å². The number of halogens is 2. The summed E-state index contributed by atoms with van der Waals surface area (Å²) in [4.78, 5) is 0. The maximum absolute atomic E-state index is 12.1. The van der Waals surface area contributed by atoms with E-state index in [1.807, 2.05) is 0 Å². The predicted octanol–water partition coefficient (Wildman–Crippen LogP) is 2.31. The van der Waals surface area contributed by atoms with Crippen LogP contribution in [-0.2, 0) is 0 Å². The molecule has 1 saturated heterocycles. The second-order valence-electron chi connectivity index (χ2n) is 3.51. The molecule has 0 amide bonds. The molecule has 2 nitrogen and oxygen atoms in total. The fourth-order valence-corrected chi connectivity index (χ4v) is 1.38. The van der Waals surface area contributed by atoms with Gasteiger partial charge in [0.2, 0.25) is 0 Å². The Kier molecular flexibility index (Phi) is 5.04. The van der Waals surface area contributed by atoms with Crippen LogP contribution in [0.15, 0.2) is 18.2 Å². The van der Waals surface area contributed by atoms with Crippen LogP contribution in [0.4, 0.5) is 14.5 Å². The molecule has 84 valence electrons. The minimum atomic E-state index is -0.646. The van der Waals surface area contributed by atoms with Gasteiger partial charge in [-0.15, -0.1) is 0 Å². The first-order chi connectivity index (χ1) is 7.18. The van der Waals surface area contributed by atoms with Gasteiger partial charge in [-0.25, -0.2) is 8.78 Å². The molecule has 1 aromatic carbocycles. The van der Waals surface area contributed by atoms with Gasteiger partial charge < -0.3 is 11.1 Å². The highest BCUT2D eigenvalue weighted by atomic mass is 19.1. The highest BCUT2D eigenvalue weighted by Gasteiger charge is 1.94. The Morgan fingerprint density at radius 2 is 1.47 bits per heavy atom. The summed E-state index contributed by atoms with van der Waals surface area (Å²) >= 11 is 0. The van der Waals surface area contributed by atoms with E-state index in [2.05, 4.69) is 5.32 Å². The number of nitrogen functional groups attached to an aromatic ring is 1. The first kappa shape index (κ1) is 11.9. The molecule has 3 N–H and O–H groups in total. The third kappa shape index (κ3) is 5.32. The summed E-state index contributed by atoms with van der Waals surface area (Å²) in [5.74, 6) is -1.29. The van der Waals surface area contributed by atoms with Crippen LogP contribution in [0.2, 0.25) is 0 Å². The summed E-state index contributed by atoms with van der Waals surface area (Å²) in [6.45, 7) is 2.50. The molecule has 1 heterocycles. The Morgan fingerprint density at radius 1 is 0.933 bits per heavy atom. The Hall–Kier alpha value is -1.16. The number of anilines is 1. The van der Waals surface area contributed by atoms with E-state index >= 15 is 0 Å². The number of piperidine rings is 1. The third-order valence-electron chi connectivity index (χ3n) is 2.09. The minimum Gasteiger partial charge on any atom is -0.399 e. The lowest BCUT2D eigenvalue weighted by atomic mass is 10.2. The molecule has 0 unspecified atom stereocenters. The second kappa shape index (κ2) is 6.35. The minimum absolute atomic E-state index is 0.104. The number of nitrogens with one attached hydrogen (secondary N) is 1. The summed E-state index contributed by atoms with van der Waals surface area (Å²) in [7, 11) is 0. The van der Waals surface area contributed by atoms with Gasteiger partial charge in [0.05, 0.1) is 0 Å². The summed E-state index contributed by atoms with van der Waals surface area (Å²) in [6, 6.07) is 2.89. The number of benzene rings is 1. The molecule has 0 bridgehead atoms. The number of rotatable bonds is 0. The van der Waals surface area contributed by atoms with Crippen LogP contribution in [0, 0.1) is 11.6 Å². The number of nitrogens with two attached hydrogens (primary N) is 1. The smallest absolute Gasteiger partial charge is 0.128 e. The Labute approximate surface area is 88.5 Å². The third-order valence-corrected chi connectivity index (χ3v) is 2.09. The van der Waals surface area contributed by atoms with E-state index in [1.54, 1.807) is 0 Å². The van der Waals surface area contributed by atoms with Crippen molar-refractivity contribution in [3.63, 3.8) is 0 Å². The summed E-state index contributed by atoms with van der Waals surface area (Å²) < 4.78 is 24.2. The van der Waals surface area contributed by atoms with Gasteiger partial charge in [-0.05, 0) is 38.1 Å². The molecule has 0 atom stereocenters. The van der Waals surface area contributed by atoms with Gasteiger partial charge in [-0.3, -0.25) is 0 Å². The molecule has 15 heavy (non-hydrogen) atoms. The topological polar surface area (TPSA) is 38.0 Å². The van der Waals surface area contributed by atoms with Gasteiger partial charge in [0.25, 0.3) is 0 Å². The van der Waals surface area contributed by atoms with Crippen molar-refractivity contribution in [2.24, 2.45) is 0 Å². The molecular weight excluding hydrogens is 198 g/mol. The first-order valence-electron chi connectivity index (χ1n) is 5.11. The largest absolute Gasteiger partial charge is 0.399 e. The van der Waals surface area contributed by atoms with E-state index in [4.69, 9.17) is 5.73 Å². The molecule has 0 radical (unpaired) electrons. The average Bonchev–Trinajstić information content (AvgIpc) is 2.19. The maximum atomic E-state index is 12.1. The number of hydrogen-bond donors (Lipinski definition) is 2. The zero-order chi connectivity index (χ0) is 11.1. The maximum Gasteiger partial charge on any atom is 0.128 e. The van der Waals surface area contributed by atoms with Crippen LogP contribution in [0.1, 0.15) is 19.3 Å². The quantitative estimate of drug-likeness (QED) is 0.650. The van der Waals surface area contributed by atoms with Gasteiger partial charge in [-0.2, -0.15) is 0 Å². The van der Waals surface area contributed by atoms with Gasteiger partial charge >= 0.3 is 0 Å². The van der Waals surface area contributed by atoms with Gasteiger partial charge in [0, 0.05) is 11.8 Å². The molecule has 1 aromatic rings. The second-order valence-corrected chi connectivity index (χ2v) is 3.51. The highest BCUT2D eigenvalue weighted by Crippen LogP contribution is 2.07. The van der Waals surface area contributed by atoms with Crippen molar-refractivity contribution >= 4 is 5.69 Å². The van der Waals surface area contributed by atoms with E-state index < -0.39 is 11.6 Å². The molecule has 1 aliphatic rings. The fraction of sp³-hybridized carbons (Fsp3) is 0.455. The van der Waals surface area contributed by atoms with Crippen molar-refractivity contribution in [3.05, 3.63) is 29.8 Å². The monoisotopic (exact) mass is 214 g/mol. The lowest BCUT2D eigenvalue weighted by Crippen LogP contribution is -2.21. The van der Waals surface area contributed by atoms with Crippen LogP contribution in [0.25, 0.3) is 0 Å². The molecular formula is C11H16F2N2. The van der Waals surface area contributed by atoms with Crippen molar-refractivity contribution < 1.29 is 8.78 Å². The van der Waals surface area contributed by atoms with Crippen molar-refractivity contribution in [2.75, 3.05) is 18.8 Å². The molecule has 1 fully saturated rings. The van der Waals surface area contributed by atoms with Crippen LogP contribution >= 0.6 is 0 Å². The zero-order valence-electron chi connectivity index (χ0n) is 8.60.